The Bertz CT molecular complexity index is 1350. The molecule has 5 aromatic rings. The second kappa shape index (κ2) is 9.60. The van der Waals surface area contributed by atoms with Crippen LogP contribution in [0.3, 0.4) is 0 Å². The highest BCUT2D eigenvalue weighted by molar-refractivity contribution is 7.99. The standard InChI is InChI=1S/C26H21N3O2S2/c1-18-24(20-12-6-3-7-13-20)33-25(27-18)29(16-19-10-4-2-5-11-19)23(30)17-32-26-28-21-14-8-9-15-22(21)31-26/h2-15H,16-17H2,1H3. The number of oxazole rings is 1. The second-order valence-electron chi connectivity index (χ2n) is 7.48. The van der Waals surface area contributed by atoms with Crippen molar-refractivity contribution in [1.29, 1.82) is 0 Å². The number of aromatic nitrogens is 2. The van der Waals surface area contributed by atoms with Crippen molar-refractivity contribution in [3.63, 3.8) is 0 Å². The van der Waals surface area contributed by atoms with Crippen LogP contribution < -0.4 is 4.90 Å². The normalized spacial score (nSPS) is 11.1. The Morgan fingerprint density at radius 2 is 1.64 bits per heavy atom. The van der Waals surface area contributed by atoms with Crippen LogP contribution in [0.5, 0.6) is 0 Å². The summed E-state index contributed by atoms with van der Waals surface area (Å²) in [5, 5.41) is 1.18. The summed E-state index contributed by atoms with van der Waals surface area (Å²) in [5.74, 6) is 0.165. The van der Waals surface area contributed by atoms with Gasteiger partial charge in [-0.05, 0) is 30.2 Å². The highest BCUT2D eigenvalue weighted by atomic mass is 32.2. The third-order valence-electron chi connectivity index (χ3n) is 5.13. The van der Waals surface area contributed by atoms with E-state index < -0.39 is 0 Å². The van der Waals surface area contributed by atoms with Crippen molar-refractivity contribution >= 4 is 45.2 Å². The van der Waals surface area contributed by atoms with Crippen LogP contribution in [0.1, 0.15) is 11.3 Å². The van der Waals surface area contributed by atoms with Crippen molar-refractivity contribution in [2.45, 2.75) is 18.7 Å². The van der Waals surface area contributed by atoms with Crippen LogP contribution in [0, 0.1) is 6.92 Å². The summed E-state index contributed by atoms with van der Waals surface area (Å²) in [6, 6.07) is 27.7. The van der Waals surface area contributed by atoms with Gasteiger partial charge in [0.1, 0.15) is 5.52 Å². The Morgan fingerprint density at radius 1 is 0.939 bits per heavy atom. The van der Waals surface area contributed by atoms with E-state index in [9.17, 15) is 4.79 Å². The fourth-order valence-corrected chi connectivity index (χ4v) is 5.30. The molecular formula is C26H21N3O2S2. The predicted molar refractivity (Wildman–Crippen MR) is 135 cm³/mol. The lowest BCUT2D eigenvalue weighted by Crippen LogP contribution is -2.31. The van der Waals surface area contributed by atoms with Gasteiger partial charge >= 0.3 is 0 Å². The number of para-hydroxylation sites is 2. The first-order chi connectivity index (χ1) is 16.2. The zero-order chi connectivity index (χ0) is 22.6. The molecule has 33 heavy (non-hydrogen) atoms. The number of anilines is 1. The minimum Gasteiger partial charge on any atom is -0.431 e. The maximum Gasteiger partial charge on any atom is 0.257 e. The molecular weight excluding hydrogens is 450 g/mol. The monoisotopic (exact) mass is 471 g/mol. The van der Waals surface area contributed by atoms with Crippen molar-refractivity contribution in [2.75, 3.05) is 10.7 Å². The van der Waals surface area contributed by atoms with E-state index in [-0.39, 0.29) is 11.7 Å². The molecule has 2 heterocycles. The van der Waals surface area contributed by atoms with Gasteiger partial charge in [-0.15, -0.1) is 0 Å². The predicted octanol–water partition coefficient (Wildman–Crippen LogP) is 6.59. The highest BCUT2D eigenvalue weighted by Gasteiger charge is 2.22. The van der Waals surface area contributed by atoms with Crippen molar-refractivity contribution in [2.24, 2.45) is 0 Å². The number of aryl methyl sites for hydroxylation is 1. The zero-order valence-electron chi connectivity index (χ0n) is 18.0. The SMILES string of the molecule is Cc1nc(N(Cc2ccccc2)C(=O)CSc2nc3ccccc3o2)sc1-c1ccccc1. The van der Waals surface area contributed by atoms with E-state index in [0.29, 0.717) is 16.9 Å². The maximum absolute atomic E-state index is 13.4. The first-order valence-electron chi connectivity index (χ1n) is 10.5. The lowest BCUT2D eigenvalue weighted by molar-refractivity contribution is -0.116. The number of thioether (sulfide) groups is 1. The molecule has 0 spiro atoms. The molecule has 0 aliphatic carbocycles. The number of amides is 1. The van der Waals surface area contributed by atoms with E-state index in [2.05, 4.69) is 17.1 Å². The average molecular weight is 472 g/mol. The van der Waals surface area contributed by atoms with E-state index in [1.54, 1.807) is 4.90 Å². The molecule has 0 aliphatic rings. The minimum absolute atomic E-state index is 0.0422. The van der Waals surface area contributed by atoms with Gasteiger partial charge in [0, 0.05) is 0 Å². The fourth-order valence-electron chi connectivity index (χ4n) is 3.50. The van der Waals surface area contributed by atoms with Gasteiger partial charge in [0.25, 0.3) is 5.22 Å². The number of benzene rings is 3. The summed E-state index contributed by atoms with van der Waals surface area (Å²) in [4.78, 5) is 25.5. The third kappa shape index (κ3) is 4.84. The topological polar surface area (TPSA) is 59.2 Å². The van der Waals surface area contributed by atoms with Gasteiger partial charge in [-0.1, -0.05) is 95.9 Å². The van der Waals surface area contributed by atoms with Crippen LogP contribution in [0.2, 0.25) is 0 Å². The number of carbonyl (C=O) groups is 1. The molecule has 0 unspecified atom stereocenters. The van der Waals surface area contributed by atoms with Crippen LogP contribution in [0.4, 0.5) is 5.13 Å². The Labute approximate surface area is 200 Å². The van der Waals surface area contributed by atoms with E-state index >= 15 is 0 Å². The van der Waals surface area contributed by atoms with E-state index in [4.69, 9.17) is 9.40 Å². The molecule has 1 amide bonds. The number of hydrogen-bond acceptors (Lipinski definition) is 6. The van der Waals surface area contributed by atoms with E-state index in [1.165, 1.54) is 23.1 Å². The molecule has 0 radical (unpaired) electrons. The average Bonchev–Trinajstić information content (AvgIpc) is 3.45. The van der Waals surface area contributed by atoms with Gasteiger partial charge in [-0.3, -0.25) is 9.69 Å². The summed E-state index contributed by atoms with van der Waals surface area (Å²) in [6.07, 6.45) is 0. The number of rotatable bonds is 7. The van der Waals surface area contributed by atoms with Crippen LogP contribution in [-0.4, -0.2) is 21.6 Å². The molecule has 2 aromatic heterocycles. The van der Waals surface area contributed by atoms with Gasteiger partial charge in [-0.2, -0.15) is 0 Å². The van der Waals surface area contributed by atoms with Gasteiger partial charge in [0.05, 0.1) is 22.9 Å². The zero-order valence-corrected chi connectivity index (χ0v) is 19.6. The molecule has 0 saturated carbocycles. The fraction of sp³-hybridized carbons (Fsp3) is 0.115. The maximum atomic E-state index is 13.4. The van der Waals surface area contributed by atoms with Crippen molar-refractivity contribution < 1.29 is 9.21 Å². The Hall–Kier alpha value is -3.42. The Kier molecular flexibility index (Phi) is 6.24. The largest absolute Gasteiger partial charge is 0.431 e. The molecule has 0 aliphatic heterocycles. The first-order valence-corrected chi connectivity index (χ1v) is 12.3. The smallest absolute Gasteiger partial charge is 0.257 e. The number of hydrogen-bond donors (Lipinski definition) is 0. The molecule has 0 N–H and O–H groups in total. The molecule has 164 valence electrons. The van der Waals surface area contributed by atoms with Crippen molar-refractivity contribution in [1.82, 2.24) is 9.97 Å². The number of nitrogens with zero attached hydrogens (tertiary/aromatic N) is 3. The lowest BCUT2D eigenvalue weighted by Gasteiger charge is -2.19. The molecule has 0 bridgehead atoms. The molecule has 7 heteroatoms. The summed E-state index contributed by atoms with van der Waals surface area (Å²) < 4.78 is 5.77. The molecule has 0 fully saturated rings. The Morgan fingerprint density at radius 3 is 2.39 bits per heavy atom. The second-order valence-corrected chi connectivity index (χ2v) is 9.38. The van der Waals surface area contributed by atoms with Gasteiger partial charge in [-0.25, -0.2) is 9.97 Å². The molecule has 0 saturated heterocycles. The van der Waals surface area contributed by atoms with Crippen LogP contribution in [0.25, 0.3) is 21.5 Å². The molecule has 5 rings (SSSR count). The summed E-state index contributed by atoms with van der Waals surface area (Å²) >= 11 is 2.84. The van der Waals surface area contributed by atoms with Crippen LogP contribution in [0.15, 0.2) is 94.6 Å². The first kappa shape index (κ1) is 21.4. The lowest BCUT2D eigenvalue weighted by atomic mass is 10.2. The van der Waals surface area contributed by atoms with Crippen LogP contribution in [-0.2, 0) is 11.3 Å². The van der Waals surface area contributed by atoms with E-state index in [0.717, 1.165) is 32.8 Å². The van der Waals surface area contributed by atoms with E-state index in [1.807, 2.05) is 79.7 Å². The summed E-state index contributed by atoms with van der Waals surface area (Å²) in [5.41, 5.74) is 4.57. The summed E-state index contributed by atoms with van der Waals surface area (Å²) in [6.45, 7) is 2.44. The van der Waals surface area contributed by atoms with Gasteiger partial charge in [0.2, 0.25) is 5.91 Å². The van der Waals surface area contributed by atoms with Gasteiger partial charge < -0.3 is 4.42 Å². The van der Waals surface area contributed by atoms with Crippen molar-refractivity contribution in [3.05, 3.63) is 96.2 Å². The van der Waals surface area contributed by atoms with Crippen LogP contribution >= 0.6 is 23.1 Å². The quantitative estimate of drug-likeness (QED) is 0.251. The van der Waals surface area contributed by atoms with Crippen molar-refractivity contribution in [3.8, 4) is 10.4 Å². The number of fused-ring (bicyclic) bond motifs is 1. The minimum atomic E-state index is -0.0422. The number of thiazole rings is 1. The number of carbonyl (C=O) groups excluding carboxylic acids is 1. The van der Waals surface area contributed by atoms with Gasteiger partial charge in [0.15, 0.2) is 10.7 Å². The molecule has 5 nitrogen and oxygen atoms in total. The Balaban J connectivity index is 1.41. The summed E-state index contributed by atoms with van der Waals surface area (Å²) in [7, 11) is 0. The third-order valence-corrected chi connectivity index (χ3v) is 7.17. The molecule has 0 atom stereocenters. The molecule has 3 aromatic carbocycles. The highest BCUT2D eigenvalue weighted by Crippen LogP contribution is 2.35.